The summed E-state index contributed by atoms with van der Waals surface area (Å²) in [6, 6.07) is -1.39. The number of hydrogen-bond donors (Lipinski definition) is 6. The normalized spacial score (nSPS) is 39.6. The van der Waals surface area contributed by atoms with Gasteiger partial charge in [-0.2, -0.15) is 8.42 Å². The predicted molar refractivity (Wildman–Crippen MR) is 72.7 cm³/mol. The van der Waals surface area contributed by atoms with Crippen LogP contribution in [-0.4, -0.2) is 76.2 Å². The smallest absolute Gasteiger partial charge is 0.370 e. The van der Waals surface area contributed by atoms with Gasteiger partial charge in [0.25, 0.3) is 0 Å². The van der Waals surface area contributed by atoms with E-state index in [9.17, 15) is 18.6 Å². The van der Waals surface area contributed by atoms with Crippen molar-refractivity contribution in [3.8, 4) is 0 Å². The minimum atomic E-state index is -4.92. The Balaban J connectivity index is 2.10. The molecule has 0 saturated carbocycles. The molecular formula is C9H16N6O6S. The van der Waals surface area contributed by atoms with Gasteiger partial charge in [-0.05, 0) is 6.92 Å². The minimum absolute atomic E-state index is 0.0601. The molecule has 3 rings (SSSR count). The van der Waals surface area contributed by atoms with E-state index in [2.05, 4.69) is 19.5 Å². The zero-order valence-corrected chi connectivity index (χ0v) is 12.2. The van der Waals surface area contributed by atoms with Crippen LogP contribution in [0.3, 0.4) is 0 Å². The molecule has 0 aromatic heterocycles. The molecule has 0 aromatic carbocycles. The van der Waals surface area contributed by atoms with Crippen LogP contribution in [0.15, 0.2) is 9.98 Å². The number of nitrogens with two attached hydrogens (primary N) is 2. The van der Waals surface area contributed by atoms with Gasteiger partial charge in [-0.25, -0.2) is 14.2 Å². The van der Waals surface area contributed by atoms with Gasteiger partial charge in [-0.1, -0.05) is 0 Å². The lowest BCUT2D eigenvalue weighted by molar-refractivity contribution is -0.252. The third kappa shape index (κ3) is 1.80. The van der Waals surface area contributed by atoms with Crippen LogP contribution in [-0.2, 0) is 14.6 Å². The molecule has 0 radical (unpaired) electrons. The first-order chi connectivity index (χ1) is 9.99. The standard InChI is InChI=1S/C9H16N6O6S/c1-3-5-8(14-6(10)13-5)9(16,17)4(21-22(18,19)20)2-15(8)7(11)12-3/h3-5,16-17H,2H2,1H3,(H2,11,12)(H3,10,13,14)(H,18,19,20)/t3-,4+,5+,8?/m1/s1. The topological polar surface area (TPSA) is 196 Å². The molecule has 0 aliphatic carbocycles. The highest BCUT2D eigenvalue weighted by Crippen LogP contribution is 2.45. The second-order valence-corrected chi connectivity index (χ2v) is 6.48. The van der Waals surface area contributed by atoms with Gasteiger partial charge in [-0.15, -0.1) is 0 Å². The molecule has 0 aromatic rings. The maximum Gasteiger partial charge on any atom is 0.397 e. The molecule has 8 N–H and O–H groups in total. The van der Waals surface area contributed by atoms with Crippen LogP contribution < -0.4 is 16.8 Å². The Morgan fingerprint density at radius 1 is 1.41 bits per heavy atom. The Kier molecular flexibility index (Phi) is 2.91. The summed E-state index contributed by atoms with van der Waals surface area (Å²) in [4.78, 5) is 9.42. The van der Waals surface area contributed by atoms with Gasteiger partial charge in [0.15, 0.2) is 23.7 Å². The summed E-state index contributed by atoms with van der Waals surface area (Å²) in [5.74, 6) is -2.91. The van der Waals surface area contributed by atoms with Crippen molar-refractivity contribution in [2.45, 2.75) is 36.6 Å². The van der Waals surface area contributed by atoms with E-state index in [-0.39, 0.29) is 18.5 Å². The summed E-state index contributed by atoms with van der Waals surface area (Å²) in [6.45, 7) is 1.29. The molecule has 3 aliphatic heterocycles. The fraction of sp³-hybridized carbons (Fsp3) is 0.778. The third-order valence-corrected chi connectivity index (χ3v) is 4.59. The van der Waals surface area contributed by atoms with Crippen molar-refractivity contribution in [2.24, 2.45) is 21.5 Å². The van der Waals surface area contributed by atoms with E-state index in [1.807, 2.05) is 0 Å². The summed E-state index contributed by atoms with van der Waals surface area (Å²) in [6.07, 6.45) is -1.72. The molecule has 0 amide bonds. The lowest BCUT2D eigenvalue weighted by Crippen LogP contribution is -2.77. The molecule has 0 bridgehead atoms. The van der Waals surface area contributed by atoms with Crippen LogP contribution in [0, 0.1) is 0 Å². The Morgan fingerprint density at radius 2 is 2.05 bits per heavy atom. The molecule has 4 atom stereocenters. The lowest BCUT2D eigenvalue weighted by atomic mass is 9.86. The van der Waals surface area contributed by atoms with Crippen LogP contribution in [0.5, 0.6) is 0 Å². The molecule has 124 valence electrons. The monoisotopic (exact) mass is 336 g/mol. The highest BCUT2D eigenvalue weighted by molar-refractivity contribution is 7.80. The summed E-state index contributed by atoms with van der Waals surface area (Å²) in [5, 5.41) is 23.7. The van der Waals surface area contributed by atoms with Crippen molar-refractivity contribution < 1.29 is 27.4 Å². The largest absolute Gasteiger partial charge is 0.397 e. The predicted octanol–water partition coefficient (Wildman–Crippen LogP) is -4.13. The van der Waals surface area contributed by atoms with Crippen molar-refractivity contribution in [2.75, 3.05) is 6.54 Å². The zero-order valence-electron chi connectivity index (χ0n) is 11.4. The molecule has 3 heterocycles. The van der Waals surface area contributed by atoms with Gasteiger partial charge >= 0.3 is 10.4 Å². The van der Waals surface area contributed by atoms with Gasteiger partial charge in [0.05, 0.1) is 12.6 Å². The van der Waals surface area contributed by atoms with E-state index in [0.29, 0.717) is 0 Å². The number of nitrogens with one attached hydrogen (secondary N) is 1. The molecule has 1 unspecified atom stereocenters. The second kappa shape index (κ2) is 4.20. The Hall–Kier alpha value is -1.67. The number of aliphatic hydroxyl groups is 2. The molecule has 22 heavy (non-hydrogen) atoms. The second-order valence-electron chi connectivity index (χ2n) is 5.43. The highest BCUT2D eigenvalue weighted by atomic mass is 32.3. The van der Waals surface area contributed by atoms with E-state index >= 15 is 0 Å². The van der Waals surface area contributed by atoms with E-state index in [1.165, 1.54) is 4.90 Å². The Morgan fingerprint density at radius 3 is 2.64 bits per heavy atom. The molecular weight excluding hydrogens is 320 g/mol. The molecule has 3 aliphatic rings. The Bertz CT molecular complexity index is 676. The van der Waals surface area contributed by atoms with Crippen LogP contribution in [0.2, 0.25) is 0 Å². The van der Waals surface area contributed by atoms with Gasteiger partial charge in [0, 0.05) is 0 Å². The fourth-order valence-electron chi connectivity index (χ4n) is 3.29. The molecule has 1 fully saturated rings. The summed E-state index contributed by atoms with van der Waals surface area (Å²) >= 11 is 0. The third-order valence-electron chi connectivity index (χ3n) is 4.12. The average molecular weight is 336 g/mol. The Labute approximate surface area is 125 Å². The van der Waals surface area contributed by atoms with E-state index in [4.69, 9.17) is 16.0 Å². The van der Waals surface area contributed by atoms with Crippen LogP contribution in [0.4, 0.5) is 0 Å². The first kappa shape index (κ1) is 15.2. The SMILES string of the molecule is C[C@H]1N=C(N)N2C[C@H](OS(=O)(=O)O)C(O)(O)C23NC(N)=N[C@@H]13. The van der Waals surface area contributed by atoms with Crippen molar-refractivity contribution in [1.29, 1.82) is 0 Å². The first-order valence-electron chi connectivity index (χ1n) is 6.32. The van der Waals surface area contributed by atoms with Gasteiger partial charge < -0.3 is 31.9 Å². The van der Waals surface area contributed by atoms with Crippen LogP contribution in [0.1, 0.15) is 6.92 Å². The number of rotatable bonds is 2. The zero-order chi connectivity index (χ0) is 16.5. The summed E-state index contributed by atoms with van der Waals surface area (Å²) < 4.78 is 35.1. The van der Waals surface area contributed by atoms with Gasteiger partial charge in [0.2, 0.25) is 5.79 Å². The van der Waals surface area contributed by atoms with Crippen LogP contribution in [0.25, 0.3) is 0 Å². The van der Waals surface area contributed by atoms with Gasteiger partial charge in [0.1, 0.15) is 6.04 Å². The average Bonchev–Trinajstić information content (AvgIpc) is 2.79. The van der Waals surface area contributed by atoms with Crippen molar-refractivity contribution in [3.05, 3.63) is 0 Å². The number of guanidine groups is 2. The number of aliphatic imine (C=N–C) groups is 2. The van der Waals surface area contributed by atoms with Gasteiger partial charge in [-0.3, -0.25) is 4.55 Å². The number of nitrogens with zero attached hydrogens (tertiary/aromatic N) is 3. The highest BCUT2D eigenvalue weighted by Gasteiger charge is 2.73. The van der Waals surface area contributed by atoms with E-state index in [1.54, 1.807) is 6.92 Å². The van der Waals surface area contributed by atoms with E-state index < -0.39 is 40.0 Å². The number of hydrogen-bond acceptors (Lipinski definition) is 11. The maximum atomic E-state index is 10.9. The minimum Gasteiger partial charge on any atom is -0.370 e. The first-order valence-corrected chi connectivity index (χ1v) is 7.68. The maximum absolute atomic E-state index is 10.9. The van der Waals surface area contributed by atoms with Crippen molar-refractivity contribution in [1.82, 2.24) is 10.2 Å². The van der Waals surface area contributed by atoms with E-state index in [0.717, 1.165) is 0 Å². The molecule has 13 heteroatoms. The summed E-state index contributed by atoms with van der Waals surface area (Å²) in [5.41, 5.74) is 9.71. The molecule has 1 spiro atoms. The summed E-state index contributed by atoms with van der Waals surface area (Å²) in [7, 11) is -4.92. The quantitative estimate of drug-likeness (QED) is 0.213. The van der Waals surface area contributed by atoms with Crippen molar-refractivity contribution >= 4 is 22.3 Å². The van der Waals surface area contributed by atoms with Crippen molar-refractivity contribution in [3.63, 3.8) is 0 Å². The van der Waals surface area contributed by atoms with Crippen LogP contribution >= 0.6 is 0 Å². The fourth-order valence-corrected chi connectivity index (χ4v) is 3.78. The molecule has 1 saturated heterocycles. The lowest BCUT2D eigenvalue weighted by Gasteiger charge is -2.48. The molecule has 12 nitrogen and oxygen atoms in total.